The Balaban J connectivity index is 1.05. The molecule has 1 heteroatoms. The molecular weight excluding hydrogens is 494 g/mol. The zero-order valence-corrected chi connectivity index (χ0v) is 22.5. The zero-order valence-electron chi connectivity index (χ0n) is 22.5. The smallest absolute Gasteiger partial charge is 0.174 e. The van der Waals surface area contributed by atoms with Crippen LogP contribution in [-0.4, -0.2) is 0 Å². The summed E-state index contributed by atoms with van der Waals surface area (Å²) in [6.07, 6.45) is 8.88. The van der Waals surface area contributed by atoms with Gasteiger partial charge in [0.05, 0.1) is 0 Å². The molecule has 41 heavy (non-hydrogen) atoms. The molecule has 0 bridgehead atoms. The van der Waals surface area contributed by atoms with Crippen LogP contribution in [0.2, 0.25) is 0 Å². The van der Waals surface area contributed by atoms with Crippen LogP contribution in [0.1, 0.15) is 16.7 Å². The Morgan fingerprint density at radius 2 is 0.902 bits per heavy atom. The number of aromatic nitrogens is 1. The molecule has 0 saturated carbocycles. The molecule has 9 rings (SSSR count). The number of hydrogen-bond acceptors (Lipinski definition) is 0. The van der Waals surface area contributed by atoms with E-state index < -0.39 is 0 Å². The van der Waals surface area contributed by atoms with Crippen molar-refractivity contribution in [2.24, 2.45) is 0 Å². The molecule has 0 aliphatic heterocycles. The summed E-state index contributed by atoms with van der Waals surface area (Å²) < 4.78 is 2.28. The van der Waals surface area contributed by atoms with Gasteiger partial charge in [0.1, 0.15) is 0 Å². The minimum absolute atomic E-state index is 0.840. The summed E-state index contributed by atoms with van der Waals surface area (Å²) in [5.41, 5.74) is 3.79. The second-order valence-electron chi connectivity index (χ2n) is 11.2. The summed E-state index contributed by atoms with van der Waals surface area (Å²) in [7, 11) is 0. The minimum atomic E-state index is 0.840. The monoisotopic (exact) mass is 520 g/mol. The first kappa shape index (κ1) is 22.5. The SMILES string of the molecule is C(=C\c1ccc2ccc3cccc4ccc1c2c34)/c1cc[n+](Cc2ccc3ccc4cccc5ccc2c3c45)cc1. The van der Waals surface area contributed by atoms with Crippen molar-refractivity contribution in [3.05, 3.63) is 150 Å². The summed E-state index contributed by atoms with van der Waals surface area (Å²) >= 11 is 0. The van der Waals surface area contributed by atoms with E-state index in [-0.39, 0.29) is 0 Å². The average Bonchev–Trinajstić information content (AvgIpc) is 3.03. The number of benzene rings is 8. The van der Waals surface area contributed by atoms with Crippen LogP contribution in [0, 0.1) is 0 Å². The Kier molecular flexibility index (Phi) is 4.73. The van der Waals surface area contributed by atoms with Gasteiger partial charge in [-0.25, -0.2) is 4.57 Å². The van der Waals surface area contributed by atoms with Crippen molar-refractivity contribution in [2.75, 3.05) is 0 Å². The van der Waals surface area contributed by atoms with Crippen molar-refractivity contribution in [3.63, 3.8) is 0 Å². The quantitative estimate of drug-likeness (QED) is 0.161. The molecule has 0 atom stereocenters. The lowest BCUT2D eigenvalue weighted by Crippen LogP contribution is -2.33. The third kappa shape index (κ3) is 3.46. The Morgan fingerprint density at radius 3 is 1.54 bits per heavy atom. The van der Waals surface area contributed by atoms with E-state index in [1.807, 2.05) is 0 Å². The maximum atomic E-state index is 2.30. The molecule has 0 saturated heterocycles. The van der Waals surface area contributed by atoms with Gasteiger partial charge in [0.25, 0.3) is 0 Å². The molecule has 0 amide bonds. The molecule has 9 aromatic rings. The fourth-order valence-corrected chi connectivity index (χ4v) is 6.90. The predicted molar refractivity (Wildman–Crippen MR) is 175 cm³/mol. The van der Waals surface area contributed by atoms with Gasteiger partial charge >= 0.3 is 0 Å². The van der Waals surface area contributed by atoms with Crippen molar-refractivity contribution in [1.82, 2.24) is 0 Å². The zero-order chi connectivity index (χ0) is 26.9. The maximum absolute atomic E-state index is 2.30. The van der Waals surface area contributed by atoms with Crippen molar-refractivity contribution in [1.29, 1.82) is 0 Å². The number of rotatable bonds is 4. The molecule has 1 nitrogen and oxygen atoms in total. The van der Waals surface area contributed by atoms with E-state index in [1.54, 1.807) is 0 Å². The molecule has 0 aliphatic carbocycles. The fourth-order valence-electron chi connectivity index (χ4n) is 6.90. The van der Waals surface area contributed by atoms with Gasteiger partial charge in [0.2, 0.25) is 0 Å². The van der Waals surface area contributed by atoms with Gasteiger partial charge in [0.15, 0.2) is 18.9 Å². The Labute approximate surface area is 237 Å². The molecule has 0 spiro atoms. The molecule has 0 N–H and O–H groups in total. The van der Waals surface area contributed by atoms with Crippen LogP contribution < -0.4 is 4.57 Å². The Morgan fingerprint density at radius 1 is 0.415 bits per heavy atom. The summed E-state index contributed by atoms with van der Waals surface area (Å²) in [4.78, 5) is 0. The van der Waals surface area contributed by atoms with Gasteiger partial charge < -0.3 is 0 Å². The lowest BCUT2D eigenvalue weighted by molar-refractivity contribution is -0.688. The van der Waals surface area contributed by atoms with Crippen molar-refractivity contribution < 1.29 is 4.57 Å². The van der Waals surface area contributed by atoms with Gasteiger partial charge in [-0.2, -0.15) is 0 Å². The van der Waals surface area contributed by atoms with Crippen LogP contribution >= 0.6 is 0 Å². The van der Waals surface area contributed by atoms with Gasteiger partial charge in [0, 0.05) is 17.7 Å². The summed E-state index contributed by atoms with van der Waals surface area (Å²) in [6.45, 7) is 0.840. The van der Waals surface area contributed by atoms with Crippen LogP contribution in [0.3, 0.4) is 0 Å². The summed E-state index contributed by atoms with van der Waals surface area (Å²) in [5.74, 6) is 0. The van der Waals surface area contributed by atoms with Gasteiger partial charge in [-0.05, 0) is 75.8 Å². The molecule has 0 fully saturated rings. The van der Waals surface area contributed by atoms with E-state index in [0.717, 1.165) is 6.54 Å². The normalized spacial score (nSPS) is 12.4. The third-order valence-corrected chi connectivity index (χ3v) is 8.91. The van der Waals surface area contributed by atoms with Crippen molar-refractivity contribution in [3.8, 4) is 0 Å². The number of pyridine rings is 1. The van der Waals surface area contributed by atoms with Crippen molar-refractivity contribution >= 4 is 76.8 Å². The molecule has 0 aliphatic rings. The molecule has 1 aromatic heterocycles. The van der Waals surface area contributed by atoms with Crippen LogP contribution in [0.25, 0.3) is 76.8 Å². The second-order valence-corrected chi connectivity index (χ2v) is 11.2. The van der Waals surface area contributed by atoms with Gasteiger partial charge in [-0.3, -0.25) is 0 Å². The maximum Gasteiger partial charge on any atom is 0.174 e. The molecule has 1 heterocycles. The molecule has 8 aromatic carbocycles. The highest BCUT2D eigenvalue weighted by molar-refractivity contribution is 6.25. The van der Waals surface area contributed by atoms with E-state index in [0.29, 0.717) is 0 Å². The molecule has 190 valence electrons. The standard InChI is InChI=1S/C40H26N/c1-3-28-11-13-32-10-9-27(35-19-17-30(5-1)37(28)39(32)35)8-7-26-21-23-41(24-22-26)25-34-16-15-33-14-12-29-4-2-6-31-18-20-36(34)40(33)38(29)31/h1-24H,25H2/q+1/b8-7+. The topological polar surface area (TPSA) is 3.88 Å². The molecule has 0 radical (unpaired) electrons. The van der Waals surface area contributed by atoms with E-state index in [9.17, 15) is 0 Å². The molecular formula is C40H26N+. The first-order valence-electron chi connectivity index (χ1n) is 14.3. The van der Waals surface area contributed by atoms with Gasteiger partial charge in [-0.15, -0.1) is 0 Å². The second kappa shape index (κ2) is 8.61. The average molecular weight is 521 g/mol. The lowest BCUT2D eigenvalue weighted by Gasteiger charge is -2.12. The predicted octanol–water partition coefficient (Wildman–Crippen LogP) is 9.99. The van der Waals surface area contributed by atoms with Crippen LogP contribution in [-0.2, 0) is 6.54 Å². The third-order valence-electron chi connectivity index (χ3n) is 8.91. The Hall–Kier alpha value is -5.27. The minimum Gasteiger partial charge on any atom is -0.201 e. The van der Waals surface area contributed by atoms with Crippen molar-refractivity contribution in [2.45, 2.75) is 6.54 Å². The van der Waals surface area contributed by atoms with Gasteiger partial charge in [-0.1, -0.05) is 121 Å². The first-order chi connectivity index (χ1) is 20.3. The molecule has 0 unspecified atom stereocenters. The fraction of sp³-hybridized carbons (Fsp3) is 0.0250. The lowest BCUT2D eigenvalue weighted by atomic mass is 9.92. The number of nitrogens with zero attached hydrogens (tertiary/aromatic N) is 1. The highest BCUT2D eigenvalue weighted by Crippen LogP contribution is 2.37. The largest absolute Gasteiger partial charge is 0.201 e. The Bertz CT molecular complexity index is 2400. The highest BCUT2D eigenvalue weighted by Gasteiger charge is 2.13. The first-order valence-corrected chi connectivity index (χ1v) is 14.3. The van der Waals surface area contributed by atoms with Crippen LogP contribution in [0.15, 0.2) is 134 Å². The van der Waals surface area contributed by atoms with E-state index in [1.165, 1.54) is 81.3 Å². The van der Waals surface area contributed by atoms with Crippen LogP contribution in [0.5, 0.6) is 0 Å². The van der Waals surface area contributed by atoms with E-state index in [4.69, 9.17) is 0 Å². The van der Waals surface area contributed by atoms with E-state index in [2.05, 4.69) is 150 Å². The summed E-state index contributed by atoms with van der Waals surface area (Å²) in [6, 6.07) is 44.7. The van der Waals surface area contributed by atoms with Crippen LogP contribution in [0.4, 0.5) is 0 Å². The summed E-state index contributed by atoms with van der Waals surface area (Å²) in [5, 5.41) is 16.0. The number of hydrogen-bond donors (Lipinski definition) is 0. The highest BCUT2D eigenvalue weighted by atomic mass is 14.9. The van der Waals surface area contributed by atoms with E-state index >= 15 is 0 Å².